The lowest BCUT2D eigenvalue weighted by molar-refractivity contribution is -0.132. The summed E-state index contributed by atoms with van der Waals surface area (Å²) in [7, 11) is 0. The minimum atomic E-state index is 0.196. The first kappa shape index (κ1) is 16.5. The van der Waals surface area contributed by atoms with Gasteiger partial charge in [0, 0.05) is 51.8 Å². The summed E-state index contributed by atoms with van der Waals surface area (Å²) in [4.78, 5) is 16.6. The van der Waals surface area contributed by atoms with Crippen LogP contribution in [0.3, 0.4) is 0 Å². The van der Waals surface area contributed by atoms with E-state index in [0.29, 0.717) is 18.8 Å². The highest BCUT2D eigenvalue weighted by atomic mass is 16.5. The maximum atomic E-state index is 12.3. The molecule has 1 aromatic heterocycles. The number of hydrogen-bond acceptors (Lipinski definition) is 5. The van der Waals surface area contributed by atoms with Crippen molar-refractivity contribution in [1.82, 2.24) is 15.0 Å². The van der Waals surface area contributed by atoms with E-state index in [4.69, 9.17) is 4.52 Å². The van der Waals surface area contributed by atoms with Crippen LogP contribution in [0.5, 0.6) is 0 Å². The van der Waals surface area contributed by atoms with Gasteiger partial charge in [-0.05, 0) is 12.5 Å². The molecule has 1 saturated heterocycles. The second-order valence-electron chi connectivity index (χ2n) is 6.14. The Morgan fingerprint density at radius 2 is 1.96 bits per heavy atom. The van der Waals surface area contributed by atoms with Crippen LogP contribution in [0.25, 0.3) is 0 Å². The van der Waals surface area contributed by atoms with E-state index in [1.807, 2.05) is 24.0 Å². The van der Waals surface area contributed by atoms with Crippen molar-refractivity contribution in [2.75, 3.05) is 38.0 Å². The smallest absolute Gasteiger partial charge is 0.224 e. The third-order valence-corrected chi connectivity index (χ3v) is 4.25. The van der Waals surface area contributed by atoms with E-state index < -0.39 is 0 Å². The van der Waals surface area contributed by atoms with Crippen molar-refractivity contribution in [1.29, 1.82) is 0 Å². The van der Waals surface area contributed by atoms with Crippen LogP contribution in [0.2, 0.25) is 0 Å². The number of amides is 1. The van der Waals surface area contributed by atoms with Crippen molar-refractivity contribution >= 4 is 11.7 Å². The third-order valence-electron chi connectivity index (χ3n) is 4.25. The Kier molecular flexibility index (Phi) is 5.48. The normalized spacial score (nSPS) is 15.5. The zero-order chi connectivity index (χ0) is 16.8. The zero-order valence-electron chi connectivity index (χ0n) is 14.1. The van der Waals surface area contributed by atoms with Gasteiger partial charge in [-0.25, -0.2) is 0 Å². The van der Waals surface area contributed by atoms with Gasteiger partial charge in [-0.1, -0.05) is 35.5 Å². The number of carbonyl (C=O) groups excluding carboxylic acids is 1. The fourth-order valence-electron chi connectivity index (χ4n) is 2.90. The van der Waals surface area contributed by atoms with Gasteiger partial charge in [0.15, 0.2) is 5.82 Å². The molecule has 1 aliphatic rings. The maximum absolute atomic E-state index is 12.3. The molecule has 2 heterocycles. The Bertz CT molecular complexity index is 648. The lowest BCUT2D eigenvalue weighted by Gasteiger charge is -2.34. The molecule has 0 aliphatic carbocycles. The van der Waals surface area contributed by atoms with E-state index in [9.17, 15) is 4.79 Å². The van der Waals surface area contributed by atoms with Gasteiger partial charge >= 0.3 is 0 Å². The molecular weight excluding hydrogens is 304 g/mol. The molecule has 0 spiro atoms. The van der Waals surface area contributed by atoms with Crippen LogP contribution in [-0.4, -0.2) is 53.6 Å². The first-order chi connectivity index (χ1) is 11.7. The van der Waals surface area contributed by atoms with Gasteiger partial charge in [-0.2, -0.15) is 0 Å². The molecule has 1 N–H and O–H groups in total. The number of carbonyl (C=O) groups is 1. The number of rotatable bonds is 6. The van der Waals surface area contributed by atoms with E-state index in [-0.39, 0.29) is 5.91 Å². The average Bonchev–Trinajstić information content (AvgIpc) is 3.02. The largest absolute Gasteiger partial charge is 0.367 e. The molecule has 1 amide bonds. The molecule has 1 fully saturated rings. The van der Waals surface area contributed by atoms with E-state index >= 15 is 0 Å². The summed E-state index contributed by atoms with van der Waals surface area (Å²) in [6.07, 6.45) is 0.477. The van der Waals surface area contributed by atoms with Crippen LogP contribution in [0.1, 0.15) is 17.7 Å². The Balaban J connectivity index is 1.37. The minimum absolute atomic E-state index is 0.196. The zero-order valence-corrected chi connectivity index (χ0v) is 14.1. The Morgan fingerprint density at radius 1 is 1.21 bits per heavy atom. The molecule has 6 heteroatoms. The fraction of sp³-hybridized carbons (Fsp3) is 0.444. The molecule has 24 heavy (non-hydrogen) atoms. The molecule has 0 bridgehead atoms. The molecule has 1 aliphatic heterocycles. The summed E-state index contributed by atoms with van der Waals surface area (Å²) < 4.78 is 4.99. The van der Waals surface area contributed by atoms with Gasteiger partial charge in [-0.15, -0.1) is 0 Å². The molecule has 6 nitrogen and oxygen atoms in total. The van der Waals surface area contributed by atoms with Crippen molar-refractivity contribution in [3.63, 3.8) is 0 Å². The number of anilines is 1. The lowest BCUT2D eigenvalue weighted by atomic mass is 10.2. The SMILES string of the molecule is Cc1cc(NCCC(=O)N2CCN(Cc3ccccc3)CC2)no1. The minimum Gasteiger partial charge on any atom is -0.367 e. The summed E-state index contributed by atoms with van der Waals surface area (Å²) in [6.45, 7) is 6.83. The van der Waals surface area contributed by atoms with Gasteiger partial charge < -0.3 is 14.7 Å². The number of aryl methyl sites for hydroxylation is 1. The fourth-order valence-corrected chi connectivity index (χ4v) is 2.90. The van der Waals surface area contributed by atoms with Crippen molar-refractivity contribution in [3.05, 3.63) is 47.7 Å². The summed E-state index contributed by atoms with van der Waals surface area (Å²) in [5.41, 5.74) is 1.32. The molecule has 0 unspecified atom stereocenters. The van der Waals surface area contributed by atoms with E-state index in [0.717, 1.165) is 38.5 Å². The molecule has 3 rings (SSSR count). The summed E-state index contributed by atoms with van der Waals surface area (Å²) >= 11 is 0. The highest BCUT2D eigenvalue weighted by Gasteiger charge is 2.20. The van der Waals surface area contributed by atoms with Crippen LogP contribution in [0, 0.1) is 6.92 Å². The molecule has 2 aromatic rings. The Morgan fingerprint density at radius 3 is 2.62 bits per heavy atom. The maximum Gasteiger partial charge on any atom is 0.224 e. The summed E-state index contributed by atoms with van der Waals surface area (Å²) in [5.74, 6) is 1.65. The van der Waals surface area contributed by atoms with Crippen molar-refractivity contribution in [2.24, 2.45) is 0 Å². The van der Waals surface area contributed by atoms with Crippen LogP contribution < -0.4 is 5.32 Å². The second kappa shape index (κ2) is 7.97. The van der Waals surface area contributed by atoms with Gasteiger partial charge in [0.25, 0.3) is 0 Å². The first-order valence-corrected chi connectivity index (χ1v) is 8.42. The number of benzene rings is 1. The van der Waals surface area contributed by atoms with Crippen molar-refractivity contribution in [3.8, 4) is 0 Å². The van der Waals surface area contributed by atoms with Gasteiger partial charge in [0.2, 0.25) is 5.91 Å². The molecular formula is C18H24N4O2. The van der Waals surface area contributed by atoms with E-state index in [2.05, 4.69) is 39.6 Å². The van der Waals surface area contributed by atoms with Gasteiger partial charge in [0.05, 0.1) is 0 Å². The average molecular weight is 328 g/mol. The van der Waals surface area contributed by atoms with Gasteiger partial charge in [-0.3, -0.25) is 9.69 Å². The molecule has 0 saturated carbocycles. The van der Waals surface area contributed by atoms with Gasteiger partial charge in [0.1, 0.15) is 5.76 Å². The van der Waals surface area contributed by atoms with E-state index in [1.165, 1.54) is 5.56 Å². The molecule has 0 radical (unpaired) electrons. The predicted molar refractivity (Wildman–Crippen MR) is 92.6 cm³/mol. The predicted octanol–water partition coefficient (Wildman–Crippen LogP) is 2.13. The standard InChI is InChI=1S/C18H24N4O2/c1-15-13-17(20-24-15)19-8-7-18(23)22-11-9-21(10-12-22)14-16-5-3-2-4-6-16/h2-6,13H,7-12,14H2,1H3,(H,19,20). The molecule has 0 atom stereocenters. The Hall–Kier alpha value is -2.34. The molecule has 1 aromatic carbocycles. The third kappa shape index (κ3) is 4.58. The van der Waals surface area contributed by atoms with Crippen molar-refractivity contribution < 1.29 is 9.32 Å². The number of hydrogen-bond donors (Lipinski definition) is 1. The second-order valence-corrected chi connectivity index (χ2v) is 6.14. The quantitative estimate of drug-likeness (QED) is 0.880. The van der Waals surface area contributed by atoms with Crippen LogP contribution in [-0.2, 0) is 11.3 Å². The van der Waals surface area contributed by atoms with Crippen molar-refractivity contribution in [2.45, 2.75) is 19.9 Å². The molecule has 128 valence electrons. The first-order valence-electron chi connectivity index (χ1n) is 8.42. The summed E-state index contributed by atoms with van der Waals surface area (Å²) in [5, 5.41) is 6.97. The topological polar surface area (TPSA) is 61.6 Å². The van der Waals surface area contributed by atoms with Crippen LogP contribution in [0.15, 0.2) is 40.9 Å². The number of piperazine rings is 1. The lowest BCUT2D eigenvalue weighted by Crippen LogP contribution is -2.48. The monoisotopic (exact) mass is 328 g/mol. The van der Waals surface area contributed by atoms with Crippen LogP contribution >= 0.6 is 0 Å². The number of nitrogens with zero attached hydrogens (tertiary/aromatic N) is 3. The Labute approximate surface area is 142 Å². The number of nitrogens with one attached hydrogen (secondary N) is 1. The summed E-state index contributed by atoms with van der Waals surface area (Å²) in [6, 6.07) is 12.3. The number of aromatic nitrogens is 1. The highest BCUT2D eigenvalue weighted by molar-refractivity contribution is 5.76. The van der Waals surface area contributed by atoms with E-state index in [1.54, 1.807) is 0 Å². The highest BCUT2D eigenvalue weighted by Crippen LogP contribution is 2.10. The van der Waals surface area contributed by atoms with Crippen LogP contribution in [0.4, 0.5) is 5.82 Å².